The van der Waals surface area contributed by atoms with Crippen molar-refractivity contribution in [1.82, 2.24) is 4.90 Å². The molecular weight excluding hydrogens is 589 g/mol. The highest BCUT2D eigenvalue weighted by Gasteiger charge is 2.32. The zero-order valence-electron chi connectivity index (χ0n) is 19.5. The van der Waals surface area contributed by atoms with E-state index in [1.807, 2.05) is 6.07 Å². The fraction of sp³-hybridized carbons (Fsp3) is 0.115. The Morgan fingerprint density at radius 1 is 0.947 bits per heavy atom. The molecule has 0 unspecified atom stereocenters. The largest absolute Gasteiger partial charge is 0.467 e. The van der Waals surface area contributed by atoms with Crippen LogP contribution >= 0.6 is 15.9 Å². The minimum absolute atomic E-state index is 0.0959. The summed E-state index contributed by atoms with van der Waals surface area (Å²) in [5.74, 6) is 0.459. The van der Waals surface area contributed by atoms with Crippen molar-refractivity contribution in [3.05, 3.63) is 113 Å². The number of carbonyl (C=O) groups excluding carboxylic acids is 1. The SMILES string of the molecule is O=C(Nc1ccccc1Br)N(Cc1ccc(OS(=O)(=O)c2cccc(C(F)(F)F)c2)cc1)Cc1ccco1. The third-order valence-corrected chi connectivity index (χ3v) is 7.22. The minimum Gasteiger partial charge on any atom is -0.467 e. The summed E-state index contributed by atoms with van der Waals surface area (Å²) in [5, 5.41) is 2.83. The van der Waals surface area contributed by atoms with E-state index in [2.05, 4.69) is 21.2 Å². The van der Waals surface area contributed by atoms with Crippen LogP contribution in [0.1, 0.15) is 16.9 Å². The van der Waals surface area contributed by atoms with Crippen LogP contribution in [0.2, 0.25) is 0 Å². The van der Waals surface area contributed by atoms with Crippen molar-refractivity contribution < 1.29 is 35.0 Å². The van der Waals surface area contributed by atoms with Gasteiger partial charge in [-0.15, -0.1) is 0 Å². The standard InChI is InChI=1S/C26H20BrF3N2O5S/c27-23-8-1-2-9-24(23)31-25(33)32(17-21-6-4-14-36-21)16-18-10-12-20(13-11-18)37-38(34,35)22-7-3-5-19(15-22)26(28,29)30/h1-15H,16-17H2,(H,31,33). The molecule has 7 nitrogen and oxygen atoms in total. The Morgan fingerprint density at radius 2 is 1.68 bits per heavy atom. The lowest BCUT2D eigenvalue weighted by molar-refractivity contribution is -0.137. The summed E-state index contributed by atoms with van der Waals surface area (Å²) in [6.07, 6.45) is -3.20. The van der Waals surface area contributed by atoms with Crippen molar-refractivity contribution in [1.29, 1.82) is 0 Å². The van der Waals surface area contributed by atoms with Crippen molar-refractivity contribution in [2.24, 2.45) is 0 Å². The fourth-order valence-corrected chi connectivity index (χ4v) is 4.78. The van der Waals surface area contributed by atoms with Gasteiger partial charge in [0, 0.05) is 11.0 Å². The molecule has 0 bridgehead atoms. The Balaban J connectivity index is 1.49. The van der Waals surface area contributed by atoms with E-state index in [-0.39, 0.29) is 18.8 Å². The molecular formula is C26H20BrF3N2O5S. The molecule has 2 amide bonds. The first-order valence-corrected chi connectivity index (χ1v) is 13.2. The summed E-state index contributed by atoms with van der Waals surface area (Å²) in [7, 11) is -4.51. The number of halogens is 4. The second-order valence-corrected chi connectivity index (χ2v) is 10.5. The van der Waals surface area contributed by atoms with Gasteiger partial charge in [-0.05, 0) is 76.1 Å². The maximum absolute atomic E-state index is 13.1. The molecule has 1 aromatic heterocycles. The number of para-hydroxylation sites is 1. The van der Waals surface area contributed by atoms with Crippen LogP contribution in [0.4, 0.5) is 23.7 Å². The van der Waals surface area contributed by atoms with Gasteiger partial charge in [0.1, 0.15) is 16.4 Å². The molecule has 198 valence electrons. The molecule has 0 radical (unpaired) electrons. The average Bonchev–Trinajstić information content (AvgIpc) is 3.39. The van der Waals surface area contributed by atoms with Crippen LogP contribution in [0.15, 0.2) is 105 Å². The monoisotopic (exact) mass is 608 g/mol. The Bertz CT molecular complexity index is 1510. The Kier molecular flexibility index (Phi) is 8.12. The van der Waals surface area contributed by atoms with Crippen molar-refractivity contribution in [3.63, 3.8) is 0 Å². The molecule has 38 heavy (non-hydrogen) atoms. The van der Waals surface area contributed by atoms with E-state index in [0.29, 0.717) is 27.6 Å². The summed E-state index contributed by atoms with van der Waals surface area (Å²) in [5.41, 5.74) is 0.114. The van der Waals surface area contributed by atoms with Crippen LogP contribution in [-0.2, 0) is 29.4 Å². The number of nitrogens with zero attached hydrogens (tertiary/aromatic N) is 1. The Morgan fingerprint density at radius 3 is 2.34 bits per heavy atom. The molecule has 0 saturated carbocycles. The van der Waals surface area contributed by atoms with Gasteiger partial charge in [-0.2, -0.15) is 21.6 Å². The van der Waals surface area contributed by atoms with Crippen LogP contribution in [0, 0.1) is 0 Å². The molecule has 0 aliphatic rings. The third kappa shape index (κ3) is 6.95. The molecule has 0 spiro atoms. The summed E-state index contributed by atoms with van der Waals surface area (Å²) in [4.78, 5) is 13.9. The number of nitrogens with one attached hydrogen (secondary N) is 1. The first-order valence-electron chi connectivity index (χ1n) is 11.0. The number of hydrogen-bond donors (Lipinski definition) is 1. The Labute approximate surface area is 225 Å². The van der Waals surface area contributed by atoms with Crippen LogP contribution < -0.4 is 9.50 Å². The molecule has 12 heteroatoms. The number of carbonyl (C=O) groups is 1. The molecule has 0 fully saturated rings. The topological polar surface area (TPSA) is 88.9 Å². The lowest BCUT2D eigenvalue weighted by Crippen LogP contribution is -2.34. The van der Waals surface area contributed by atoms with Crippen LogP contribution in [0.5, 0.6) is 5.75 Å². The van der Waals surface area contributed by atoms with Gasteiger partial charge in [0.2, 0.25) is 0 Å². The van der Waals surface area contributed by atoms with E-state index in [1.165, 1.54) is 23.3 Å². The molecule has 3 aromatic carbocycles. The maximum atomic E-state index is 13.1. The van der Waals surface area contributed by atoms with Gasteiger partial charge in [-0.25, -0.2) is 4.79 Å². The number of urea groups is 1. The first kappa shape index (κ1) is 27.3. The van der Waals surface area contributed by atoms with Crippen LogP contribution in [-0.4, -0.2) is 19.3 Å². The molecule has 1 heterocycles. The molecule has 1 N–H and O–H groups in total. The van der Waals surface area contributed by atoms with E-state index in [1.54, 1.807) is 42.5 Å². The van der Waals surface area contributed by atoms with Crippen molar-refractivity contribution in [2.45, 2.75) is 24.2 Å². The van der Waals surface area contributed by atoms with E-state index < -0.39 is 32.8 Å². The van der Waals surface area contributed by atoms with Gasteiger partial charge in [-0.3, -0.25) is 0 Å². The van der Waals surface area contributed by atoms with Crippen molar-refractivity contribution in [2.75, 3.05) is 5.32 Å². The molecule has 4 aromatic rings. The van der Waals surface area contributed by atoms with Gasteiger partial charge in [-0.1, -0.05) is 30.3 Å². The third-order valence-electron chi connectivity index (χ3n) is 5.28. The second kappa shape index (κ2) is 11.3. The van der Waals surface area contributed by atoms with E-state index >= 15 is 0 Å². The smallest absolute Gasteiger partial charge is 0.416 e. The fourth-order valence-electron chi connectivity index (χ4n) is 3.42. The van der Waals surface area contributed by atoms with Crippen LogP contribution in [0.25, 0.3) is 0 Å². The highest BCUT2D eigenvalue weighted by molar-refractivity contribution is 9.10. The lowest BCUT2D eigenvalue weighted by Gasteiger charge is -2.23. The van der Waals surface area contributed by atoms with Crippen molar-refractivity contribution in [3.8, 4) is 5.75 Å². The highest BCUT2D eigenvalue weighted by Crippen LogP contribution is 2.31. The normalized spacial score (nSPS) is 11.7. The number of furan rings is 1. The number of rotatable bonds is 8. The molecule has 4 rings (SSSR count). The van der Waals surface area contributed by atoms with Gasteiger partial charge in [0.25, 0.3) is 0 Å². The zero-order chi connectivity index (χ0) is 27.3. The Hall–Kier alpha value is -3.77. The number of anilines is 1. The number of amides is 2. The van der Waals surface area contributed by atoms with Gasteiger partial charge in [0.15, 0.2) is 0 Å². The number of hydrogen-bond acceptors (Lipinski definition) is 5. The summed E-state index contributed by atoms with van der Waals surface area (Å²) in [6.45, 7) is 0.295. The van der Waals surface area contributed by atoms with Crippen LogP contribution in [0.3, 0.4) is 0 Å². The van der Waals surface area contributed by atoms with E-state index in [4.69, 9.17) is 8.60 Å². The highest BCUT2D eigenvalue weighted by atomic mass is 79.9. The van der Waals surface area contributed by atoms with Crippen molar-refractivity contribution >= 4 is 37.8 Å². The molecule has 0 aliphatic heterocycles. The van der Waals surface area contributed by atoms with Gasteiger partial charge < -0.3 is 18.8 Å². The van der Waals surface area contributed by atoms with Gasteiger partial charge >= 0.3 is 22.3 Å². The summed E-state index contributed by atoms with van der Waals surface area (Å²) >= 11 is 3.39. The quantitative estimate of drug-likeness (QED) is 0.216. The minimum atomic E-state index is -4.70. The second-order valence-electron chi connectivity index (χ2n) is 8.05. The number of benzene rings is 3. The average molecular weight is 609 g/mol. The predicted molar refractivity (Wildman–Crippen MR) is 137 cm³/mol. The summed E-state index contributed by atoms with van der Waals surface area (Å²) < 4.78 is 75.1. The molecule has 0 aliphatic carbocycles. The van der Waals surface area contributed by atoms with E-state index in [9.17, 15) is 26.4 Å². The molecule has 0 atom stereocenters. The predicted octanol–water partition coefficient (Wildman–Crippen LogP) is 7.06. The van der Waals surface area contributed by atoms with E-state index in [0.717, 1.165) is 18.2 Å². The number of alkyl halides is 3. The zero-order valence-corrected chi connectivity index (χ0v) is 21.9. The maximum Gasteiger partial charge on any atom is 0.416 e. The first-order chi connectivity index (χ1) is 18.0. The lowest BCUT2D eigenvalue weighted by atomic mass is 10.2. The van der Waals surface area contributed by atoms with Gasteiger partial charge in [0.05, 0.1) is 24.1 Å². The molecule has 0 saturated heterocycles. The summed E-state index contributed by atoms with van der Waals surface area (Å²) in [6, 6.07) is 19.3.